The van der Waals surface area contributed by atoms with Crippen molar-refractivity contribution in [3.05, 3.63) is 107 Å². The third-order valence-electron chi connectivity index (χ3n) is 9.57. The smallest absolute Gasteiger partial charge is 0.255 e. The van der Waals surface area contributed by atoms with E-state index in [1.54, 1.807) is 12.1 Å². The first-order valence-electron chi connectivity index (χ1n) is 15.4. The maximum absolute atomic E-state index is 14.3. The molecule has 0 spiro atoms. The zero-order valence-electron chi connectivity index (χ0n) is 25.5. The van der Waals surface area contributed by atoms with Crippen molar-refractivity contribution in [2.75, 3.05) is 5.88 Å². The molecule has 2 unspecified atom stereocenters. The average Bonchev–Trinajstić information content (AvgIpc) is 3.67. The van der Waals surface area contributed by atoms with Gasteiger partial charge in [-0.3, -0.25) is 14.4 Å². The number of hydrogen-bond donors (Lipinski definition) is 4. The fourth-order valence-corrected chi connectivity index (χ4v) is 8.22. The number of aryl methyl sites for hydroxylation is 1. The van der Waals surface area contributed by atoms with Gasteiger partial charge in [0.15, 0.2) is 6.10 Å². The molecule has 1 aliphatic heterocycles. The van der Waals surface area contributed by atoms with Crippen molar-refractivity contribution in [2.24, 2.45) is 0 Å². The Morgan fingerprint density at radius 3 is 2.53 bits per heavy atom. The van der Waals surface area contributed by atoms with Gasteiger partial charge >= 0.3 is 0 Å². The summed E-state index contributed by atoms with van der Waals surface area (Å²) in [6, 6.07) is 21.2. The van der Waals surface area contributed by atoms with Crippen LogP contribution in [0.2, 0.25) is 0 Å². The minimum absolute atomic E-state index is 0.0931. The number of carbonyl (C=O) groups excluding carboxylic acids is 3. The Balaban J connectivity index is 1.28. The molecule has 45 heavy (non-hydrogen) atoms. The van der Waals surface area contributed by atoms with E-state index < -0.39 is 34.2 Å². The van der Waals surface area contributed by atoms with E-state index in [9.17, 15) is 24.6 Å². The first-order valence-corrected chi connectivity index (χ1v) is 16.4. The van der Waals surface area contributed by atoms with Crippen LogP contribution in [0.15, 0.2) is 79.4 Å². The second-order valence-corrected chi connectivity index (χ2v) is 14.3. The first-order chi connectivity index (χ1) is 21.6. The summed E-state index contributed by atoms with van der Waals surface area (Å²) in [7, 11) is 0. The molecule has 6 rings (SSSR count). The van der Waals surface area contributed by atoms with Gasteiger partial charge in [-0.15, -0.1) is 11.8 Å². The highest BCUT2D eigenvalue weighted by Crippen LogP contribution is 2.55. The van der Waals surface area contributed by atoms with Crippen molar-refractivity contribution in [1.29, 1.82) is 0 Å². The number of benzene rings is 3. The minimum Gasteiger partial charge on any atom is -0.507 e. The van der Waals surface area contributed by atoms with Crippen LogP contribution in [0.5, 0.6) is 5.75 Å². The van der Waals surface area contributed by atoms with Crippen molar-refractivity contribution in [2.45, 2.75) is 73.9 Å². The summed E-state index contributed by atoms with van der Waals surface area (Å²) in [5.74, 6) is -1.58. The highest BCUT2D eigenvalue weighted by atomic mass is 32.2. The van der Waals surface area contributed by atoms with Gasteiger partial charge in [0.1, 0.15) is 11.8 Å². The van der Waals surface area contributed by atoms with Crippen LogP contribution in [0, 0.1) is 0 Å². The number of fused-ring (bicyclic) bond motifs is 1. The van der Waals surface area contributed by atoms with Crippen LogP contribution in [0.4, 0.5) is 0 Å². The second-order valence-electron chi connectivity index (χ2n) is 12.7. The van der Waals surface area contributed by atoms with E-state index in [4.69, 9.17) is 0 Å². The molecule has 3 amide bonds. The Morgan fingerprint density at radius 2 is 1.78 bits per heavy atom. The molecule has 0 radical (unpaired) electrons. The second kappa shape index (κ2) is 12.0. The highest BCUT2D eigenvalue weighted by molar-refractivity contribution is 8.00. The molecule has 1 saturated heterocycles. The number of aliphatic hydroxyl groups excluding tert-OH is 1. The molecule has 3 aromatic rings. The third-order valence-corrected chi connectivity index (χ3v) is 10.9. The van der Waals surface area contributed by atoms with E-state index in [0.717, 1.165) is 30.4 Å². The van der Waals surface area contributed by atoms with Gasteiger partial charge in [-0.2, -0.15) is 0 Å². The van der Waals surface area contributed by atoms with E-state index in [1.165, 1.54) is 34.4 Å². The molecule has 9 heteroatoms. The van der Waals surface area contributed by atoms with Gasteiger partial charge in [0.2, 0.25) is 5.91 Å². The first kappa shape index (κ1) is 30.9. The van der Waals surface area contributed by atoms with Crippen LogP contribution < -0.4 is 10.6 Å². The fraction of sp³-hybridized carbons (Fsp3) is 0.361. The molecule has 2 fully saturated rings. The highest BCUT2D eigenvalue weighted by Gasteiger charge is 2.64. The fourth-order valence-electron chi connectivity index (χ4n) is 7.08. The largest absolute Gasteiger partial charge is 0.507 e. The molecule has 3 aliphatic rings. The molecular formula is C36H39N3O5S. The van der Waals surface area contributed by atoms with Crippen LogP contribution in [0.1, 0.15) is 77.7 Å². The van der Waals surface area contributed by atoms with Crippen LogP contribution >= 0.6 is 11.8 Å². The zero-order chi connectivity index (χ0) is 31.9. The lowest BCUT2D eigenvalue weighted by Gasteiger charge is -2.35. The minimum atomic E-state index is -1.61. The van der Waals surface area contributed by atoms with Crippen LogP contribution in [0.25, 0.3) is 6.08 Å². The molecule has 3 aromatic carbocycles. The molecule has 0 bridgehead atoms. The SMILES string of the molecule is C=Cc1c(O)cccc1C(=O)NC1([C@H](O)C(=O)N2CSC(C)(C)[C@H]2C(=O)N[C@H]2CCCc3ccccc32)CC1c1ccccc1. The van der Waals surface area contributed by atoms with Crippen molar-refractivity contribution < 1.29 is 24.6 Å². The van der Waals surface area contributed by atoms with Gasteiger partial charge in [-0.25, -0.2) is 0 Å². The number of nitrogens with zero attached hydrogens (tertiary/aromatic N) is 1. The number of phenolic OH excluding ortho intramolecular Hbond substituents is 1. The van der Waals surface area contributed by atoms with Crippen LogP contribution in [-0.4, -0.2) is 61.1 Å². The number of rotatable bonds is 8. The predicted molar refractivity (Wildman–Crippen MR) is 176 cm³/mol. The number of amides is 3. The maximum Gasteiger partial charge on any atom is 0.255 e. The van der Waals surface area contributed by atoms with E-state index >= 15 is 0 Å². The number of phenols is 1. The van der Waals surface area contributed by atoms with Gasteiger partial charge in [0.05, 0.1) is 23.0 Å². The van der Waals surface area contributed by atoms with Gasteiger partial charge in [0, 0.05) is 16.2 Å². The summed E-state index contributed by atoms with van der Waals surface area (Å²) in [6.45, 7) is 7.61. The topological polar surface area (TPSA) is 119 Å². The molecule has 234 valence electrons. The molecule has 5 atom stereocenters. The number of aliphatic hydroxyl groups is 1. The summed E-state index contributed by atoms with van der Waals surface area (Å²) < 4.78 is -0.604. The average molecular weight is 626 g/mol. The van der Waals surface area contributed by atoms with Crippen LogP contribution in [0.3, 0.4) is 0 Å². The summed E-state index contributed by atoms with van der Waals surface area (Å²) in [4.78, 5) is 43.4. The molecule has 1 heterocycles. The van der Waals surface area contributed by atoms with Gasteiger partial charge < -0.3 is 25.7 Å². The van der Waals surface area contributed by atoms with E-state index in [0.29, 0.717) is 6.42 Å². The van der Waals surface area contributed by atoms with Gasteiger partial charge in [-0.05, 0) is 68.4 Å². The zero-order valence-corrected chi connectivity index (χ0v) is 26.3. The summed E-state index contributed by atoms with van der Waals surface area (Å²) in [5, 5.41) is 28.4. The van der Waals surface area contributed by atoms with Crippen molar-refractivity contribution in [1.82, 2.24) is 15.5 Å². The quantitative estimate of drug-likeness (QED) is 0.282. The number of carbonyl (C=O) groups is 3. The van der Waals surface area contributed by atoms with Crippen LogP contribution in [-0.2, 0) is 16.0 Å². The Morgan fingerprint density at radius 1 is 1.04 bits per heavy atom. The molecule has 2 aliphatic carbocycles. The number of aromatic hydroxyl groups is 1. The number of nitrogens with one attached hydrogen (secondary N) is 2. The predicted octanol–water partition coefficient (Wildman–Crippen LogP) is 4.93. The Hall–Kier alpha value is -4.08. The summed E-state index contributed by atoms with van der Waals surface area (Å²) >= 11 is 1.49. The molecule has 4 N–H and O–H groups in total. The van der Waals surface area contributed by atoms with Crippen molar-refractivity contribution >= 4 is 35.6 Å². The van der Waals surface area contributed by atoms with E-state index in [2.05, 4.69) is 23.3 Å². The normalized spacial score (nSPS) is 25.5. The van der Waals surface area contributed by atoms with Crippen molar-refractivity contribution in [3.63, 3.8) is 0 Å². The van der Waals surface area contributed by atoms with Gasteiger partial charge in [-0.1, -0.05) is 73.3 Å². The lowest BCUT2D eigenvalue weighted by molar-refractivity contribution is -0.148. The van der Waals surface area contributed by atoms with Crippen molar-refractivity contribution in [3.8, 4) is 5.75 Å². The number of thioether (sulfide) groups is 1. The maximum atomic E-state index is 14.3. The Kier molecular flexibility index (Phi) is 8.26. The Labute approximate surface area is 267 Å². The lowest BCUT2D eigenvalue weighted by Crippen LogP contribution is -2.60. The van der Waals surface area contributed by atoms with Gasteiger partial charge in [0.25, 0.3) is 11.8 Å². The summed E-state index contributed by atoms with van der Waals surface area (Å²) in [6.07, 6.45) is 2.86. The van der Waals surface area contributed by atoms with E-state index in [-0.39, 0.29) is 40.6 Å². The molecular weight excluding hydrogens is 586 g/mol. The monoisotopic (exact) mass is 625 g/mol. The molecule has 1 saturated carbocycles. The Bertz CT molecular complexity index is 1640. The molecule has 8 nitrogen and oxygen atoms in total. The number of hydrogen-bond acceptors (Lipinski definition) is 6. The molecule has 0 aromatic heterocycles. The third kappa shape index (κ3) is 5.64. The van der Waals surface area contributed by atoms with E-state index in [1.807, 2.05) is 62.4 Å². The summed E-state index contributed by atoms with van der Waals surface area (Å²) in [5.41, 5.74) is 2.36. The standard InChI is InChI=1S/C36H39N3O5S/c1-4-24-26(17-11-19-29(24)40)32(42)38-36(20-27(36)23-13-6-5-7-14-23)31(41)34(44)39-21-45-35(2,3)30(39)33(43)37-28-18-10-15-22-12-8-9-16-25(22)28/h4-9,11-14,16-17,19,27-28,30-31,40-41H,1,10,15,18,20-21H2,2-3H3,(H,37,43)(H,38,42)/t27?,28-,30+,31+,36?/m0/s1. The lowest BCUT2D eigenvalue weighted by atomic mass is 9.87.